The fourth-order valence-corrected chi connectivity index (χ4v) is 1.90. The van der Waals surface area contributed by atoms with Gasteiger partial charge in [0.2, 0.25) is 5.91 Å². The Balaban J connectivity index is 2.60. The van der Waals surface area contributed by atoms with Gasteiger partial charge >= 0.3 is 6.18 Å². The van der Waals surface area contributed by atoms with Crippen LogP contribution in [-0.2, 0) is 17.4 Å². The van der Waals surface area contributed by atoms with E-state index in [1.165, 1.54) is 6.92 Å². The Hall–Kier alpha value is -1.59. The number of carbonyl (C=O) groups is 1. The molecule has 92 valence electrons. The number of amides is 1. The summed E-state index contributed by atoms with van der Waals surface area (Å²) >= 11 is 0. The van der Waals surface area contributed by atoms with Gasteiger partial charge in [-0.05, 0) is 25.8 Å². The maximum Gasteiger partial charge on any atom is 0.418 e. The standard InChI is InChI=1S/C11H11F3N2O/c1-6-5-7(11(12,13)14)10-8(15-6)3-2-4-9(17)16-10/h5H,2-4H2,1H3,(H,16,17). The van der Waals surface area contributed by atoms with Gasteiger partial charge in [0.15, 0.2) is 0 Å². The van der Waals surface area contributed by atoms with E-state index in [2.05, 4.69) is 10.3 Å². The molecule has 3 nitrogen and oxygen atoms in total. The van der Waals surface area contributed by atoms with Gasteiger partial charge in [-0.3, -0.25) is 9.78 Å². The summed E-state index contributed by atoms with van der Waals surface area (Å²) in [5.74, 6) is -0.389. The topological polar surface area (TPSA) is 42.0 Å². The first kappa shape index (κ1) is 11.9. The third-order valence-electron chi connectivity index (χ3n) is 2.61. The van der Waals surface area contributed by atoms with Crippen molar-refractivity contribution in [1.29, 1.82) is 0 Å². The van der Waals surface area contributed by atoms with Crippen LogP contribution in [-0.4, -0.2) is 10.9 Å². The zero-order valence-corrected chi connectivity index (χ0v) is 9.19. The molecule has 0 radical (unpaired) electrons. The van der Waals surface area contributed by atoms with Crippen LogP contribution in [0.2, 0.25) is 0 Å². The molecule has 0 saturated carbocycles. The van der Waals surface area contributed by atoms with Crippen LogP contribution < -0.4 is 5.32 Å². The minimum atomic E-state index is -4.48. The molecule has 17 heavy (non-hydrogen) atoms. The van der Waals surface area contributed by atoms with Gasteiger partial charge in [0.1, 0.15) is 0 Å². The van der Waals surface area contributed by atoms with Crippen LogP contribution in [0.5, 0.6) is 0 Å². The number of pyridine rings is 1. The molecule has 6 heteroatoms. The number of alkyl halides is 3. The molecule has 1 aliphatic heterocycles. The molecule has 2 rings (SSSR count). The number of anilines is 1. The van der Waals surface area contributed by atoms with Gasteiger partial charge in [-0.1, -0.05) is 0 Å². The van der Waals surface area contributed by atoms with Crippen molar-refractivity contribution in [2.75, 3.05) is 5.32 Å². The molecule has 1 N–H and O–H groups in total. The summed E-state index contributed by atoms with van der Waals surface area (Å²) in [4.78, 5) is 15.4. The van der Waals surface area contributed by atoms with Crippen LogP contribution in [0.25, 0.3) is 0 Å². The van der Waals surface area contributed by atoms with Crippen molar-refractivity contribution in [3.63, 3.8) is 0 Å². The van der Waals surface area contributed by atoms with Crippen LogP contribution in [0.15, 0.2) is 6.07 Å². The van der Waals surface area contributed by atoms with Crippen molar-refractivity contribution in [3.8, 4) is 0 Å². The van der Waals surface area contributed by atoms with Crippen molar-refractivity contribution < 1.29 is 18.0 Å². The van der Waals surface area contributed by atoms with Crippen LogP contribution in [0.3, 0.4) is 0 Å². The largest absolute Gasteiger partial charge is 0.418 e. The average molecular weight is 244 g/mol. The summed E-state index contributed by atoms with van der Waals surface area (Å²) < 4.78 is 38.5. The summed E-state index contributed by atoms with van der Waals surface area (Å²) in [5.41, 5.74) is -0.351. The highest BCUT2D eigenvalue weighted by Gasteiger charge is 2.36. The molecule has 0 saturated heterocycles. The van der Waals surface area contributed by atoms with E-state index in [0.717, 1.165) is 6.07 Å². The first-order chi connectivity index (χ1) is 7.88. The Labute approximate surface area is 96.0 Å². The van der Waals surface area contributed by atoms with Crippen molar-refractivity contribution in [2.24, 2.45) is 0 Å². The van der Waals surface area contributed by atoms with Gasteiger partial charge in [0.25, 0.3) is 0 Å². The Bertz CT molecular complexity index is 469. The molecule has 0 fully saturated rings. The van der Waals surface area contributed by atoms with Crippen LogP contribution in [0, 0.1) is 6.92 Å². The first-order valence-corrected chi connectivity index (χ1v) is 5.25. The average Bonchev–Trinajstić information content (AvgIpc) is 2.36. The quantitative estimate of drug-likeness (QED) is 0.762. The highest BCUT2D eigenvalue weighted by Crippen LogP contribution is 2.37. The fourth-order valence-electron chi connectivity index (χ4n) is 1.90. The number of fused-ring (bicyclic) bond motifs is 1. The lowest BCUT2D eigenvalue weighted by atomic mass is 10.1. The van der Waals surface area contributed by atoms with Crippen LogP contribution in [0.4, 0.5) is 18.9 Å². The summed E-state index contributed by atoms with van der Waals surface area (Å²) in [6.07, 6.45) is -3.34. The molecule has 0 aromatic carbocycles. The van der Waals surface area contributed by atoms with Gasteiger partial charge in [0, 0.05) is 12.1 Å². The minimum absolute atomic E-state index is 0.175. The molecular weight excluding hydrogens is 233 g/mol. The monoisotopic (exact) mass is 244 g/mol. The number of carbonyl (C=O) groups excluding carboxylic acids is 1. The van der Waals surface area contributed by atoms with Crippen molar-refractivity contribution in [2.45, 2.75) is 32.4 Å². The third-order valence-corrected chi connectivity index (χ3v) is 2.61. The van der Waals surface area contributed by atoms with E-state index in [1.54, 1.807) is 0 Å². The van der Waals surface area contributed by atoms with Crippen molar-refractivity contribution in [3.05, 3.63) is 23.0 Å². The molecular formula is C11H11F3N2O. The van der Waals surface area contributed by atoms with Crippen molar-refractivity contribution >= 4 is 11.6 Å². The summed E-state index contributed by atoms with van der Waals surface area (Å²) in [5, 5.41) is 2.30. The van der Waals surface area contributed by atoms with E-state index in [1.807, 2.05) is 0 Å². The second-order valence-corrected chi connectivity index (χ2v) is 4.03. The predicted octanol–water partition coefficient (Wildman–Crippen LogP) is 2.68. The number of aryl methyl sites for hydroxylation is 2. The zero-order chi connectivity index (χ0) is 12.6. The number of nitrogens with zero attached hydrogens (tertiary/aromatic N) is 1. The number of hydrogen-bond donors (Lipinski definition) is 1. The van der Waals surface area contributed by atoms with E-state index >= 15 is 0 Å². The summed E-state index contributed by atoms with van der Waals surface area (Å²) in [6, 6.07) is 0.963. The van der Waals surface area contributed by atoms with Crippen LogP contribution in [0.1, 0.15) is 29.8 Å². The molecule has 0 unspecified atom stereocenters. The molecule has 1 amide bonds. The Kier molecular flexibility index (Phi) is 2.81. The van der Waals surface area contributed by atoms with Crippen molar-refractivity contribution in [1.82, 2.24) is 4.98 Å². The van der Waals surface area contributed by atoms with Gasteiger partial charge in [-0.15, -0.1) is 0 Å². The van der Waals surface area contributed by atoms with Gasteiger partial charge in [-0.25, -0.2) is 0 Å². The number of hydrogen-bond acceptors (Lipinski definition) is 2. The van der Waals surface area contributed by atoms with Crippen LogP contribution >= 0.6 is 0 Å². The lowest BCUT2D eigenvalue weighted by Gasteiger charge is -2.15. The Morgan fingerprint density at radius 3 is 2.71 bits per heavy atom. The zero-order valence-electron chi connectivity index (χ0n) is 9.19. The summed E-state index contributed by atoms with van der Waals surface area (Å²) in [7, 11) is 0. The number of halogens is 3. The second-order valence-electron chi connectivity index (χ2n) is 4.03. The van der Waals surface area contributed by atoms with E-state index < -0.39 is 11.7 Å². The number of rotatable bonds is 0. The fraction of sp³-hybridized carbons (Fsp3) is 0.455. The molecule has 1 aromatic heterocycles. The minimum Gasteiger partial charge on any atom is -0.324 e. The maximum atomic E-state index is 12.8. The lowest BCUT2D eigenvalue weighted by molar-refractivity contribution is -0.137. The highest BCUT2D eigenvalue weighted by molar-refractivity contribution is 5.93. The number of aromatic nitrogens is 1. The summed E-state index contributed by atoms with van der Waals surface area (Å²) in [6.45, 7) is 1.52. The Morgan fingerprint density at radius 1 is 1.35 bits per heavy atom. The predicted molar refractivity (Wildman–Crippen MR) is 55.5 cm³/mol. The smallest absolute Gasteiger partial charge is 0.324 e. The molecule has 2 heterocycles. The van der Waals surface area contributed by atoms with Gasteiger partial charge in [-0.2, -0.15) is 13.2 Å². The Morgan fingerprint density at radius 2 is 2.06 bits per heavy atom. The van der Waals surface area contributed by atoms with Gasteiger partial charge in [0.05, 0.1) is 16.9 Å². The molecule has 1 aromatic rings. The first-order valence-electron chi connectivity index (χ1n) is 5.25. The van der Waals surface area contributed by atoms with E-state index in [-0.39, 0.29) is 18.0 Å². The van der Waals surface area contributed by atoms with Gasteiger partial charge < -0.3 is 5.32 Å². The lowest BCUT2D eigenvalue weighted by Crippen LogP contribution is -2.16. The van der Waals surface area contributed by atoms with E-state index in [9.17, 15) is 18.0 Å². The number of nitrogens with one attached hydrogen (secondary N) is 1. The third kappa shape index (κ3) is 2.40. The molecule has 1 aliphatic rings. The van der Waals surface area contributed by atoms with E-state index in [4.69, 9.17) is 0 Å². The second kappa shape index (κ2) is 4.01. The molecule has 0 spiro atoms. The normalized spacial score (nSPS) is 16.1. The SMILES string of the molecule is Cc1cc(C(F)(F)F)c2c(n1)CCCC(=O)N2. The molecule has 0 atom stereocenters. The maximum absolute atomic E-state index is 12.8. The molecule has 0 aliphatic carbocycles. The molecule has 0 bridgehead atoms. The van der Waals surface area contributed by atoms with E-state index in [0.29, 0.717) is 24.2 Å². The highest BCUT2D eigenvalue weighted by atomic mass is 19.4.